The third kappa shape index (κ3) is 6.49. The fourth-order valence-electron chi connectivity index (χ4n) is 3.17. The Bertz CT molecular complexity index is 485. The minimum absolute atomic E-state index is 0.0529. The Morgan fingerprint density at radius 3 is 2.88 bits per heavy atom. The Kier molecular flexibility index (Phi) is 8.15. The maximum atomic E-state index is 6.45. The van der Waals surface area contributed by atoms with Crippen molar-refractivity contribution in [2.24, 2.45) is 0 Å². The number of ether oxygens (including phenoxy) is 1. The summed E-state index contributed by atoms with van der Waals surface area (Å²) >= 11 is 0. The molecule has 0 aromatic heterocycles. The molecule has 0 radical (unpaired) electrons. The van der Waals surface area contributed by atoms with Gasteiger partial charge in [-0.2, -0.15) is 0 Å². The fourth-order valence-corrected chi connectivity index (χ4v) is 5.75. The molecular weight excluding hydrogens is 318 g/mol. The first-order valence-corrected chi connectivity index (χ1v) is 11.4. The van der Waals surface area contributed by atoms with Gasteiger partial charge in [-0.05, 0) is 31.5 Å². The van der Waals surface area contributed by atoms with Crippen LogP contribution < -0.4 is 0 Å². The second-order valence-electron chi connectivity index (χ2n) is 6.45. The molecule has 0 saturated carbocycles. The highest BCUT2D eigenvalue weighted by molar-refractivity contribution is 6.66. The maximum absolute atomic E-state index is 6.45. The van der Waals surface area contributed by atoms with Crippen LogP contribution >= 0.6 is 0 Å². The lowest BCUT2D eigenvalue weighted by molar-refractivity contribution is -0.00155. The van der Waals surface area contributed by atoms with E-state index in [4.69, 9.17) is 13.6 Å². The van der Waals surface area contributed by atoms with Crippen LogP contribution in [0.3, 0.4) is 0 Å². The van der Waals surface area contributed by atoms with Crippen LogP contribution in [0.4, 0.5) is 0 Å². The lowest BCUT2D eigenvalue weighted by Gasteiger charge is -2.35. The standard InChI is InChI=1S/C19H31NO3Si/c1-4-12-20(15-18-10-7-6-8-11-18)16-19-17-21-13-9-14-24(3,23-19)22-5-2/h4,6-8,10-11,19H,1,5,9,12-17H2,2-3H3. The Morgan fingerprint density at radius 2 is 2.17 bits per heavy atom. The van der Waals surface area contributed by atoms with Gasteiger partial charge in [-0.25, -0.2) is 0 Å². The average Bonchev–Trinajstić information content (AvgIpc) is 2.54. The van der Waals surface area contributed by atoms with E-state index in [1.54, 1.807) is 0 Å². The van der Waals surface area contributed by atoms with Crippen LogP contribution in [0.15, 0.2) is 43.0 Å². The third-order valence-corrected chi connectivity index (χ3v) is 7.18. The molecule has 2 unspecified atom stereocenters. The first-order chi connectivity index (χ1) is 11.6. The van der Waals surface area contributed by atoms with Crippen LogP contribution in [0, 0.1) is 0 Å². The van der Waals surface area contributed by atoms with E-state index < -0.39 is 8.56 Å². The van der Waals surface area contributed by atoms with Crippen molar-refractivity contribution in [3.05, 3.63) is 48.6 Å². The lowest BCUT2D eigenvalue weighted by Crippen LogP contribution is -2.48. The van der Waals surface area contributed by atoms with Gasteiger partial charge in [0.05, 0.1) is 12.7 Å². The molecule has 134 valence electrons. The van der Waals surface area contributed by atoms with E-state index in [1.165, 1.54) is 5.56 Å². The van der Waals surface area contributed by atoms with Crippen molar-refractivity contribution in [2.45, 2.75) is 38.6 Å². The molecule has 1 aliphatic rings. The van der Waals surface area contributed by atoms with Crippen molar-refractivity contribution >= 4 is 8.56 Å². The van der Waals surface area contributed by atoms with Crippen molar-refractivity contribution in [3.8, 4) is 0 Å². The van der Waals surface area contributed by atoms with Gasteiger partial charge >= 0.3 is 8.56 Å². The average molecular weight is 350 g/mol. The lowest BCUT2D eigenvalue weighted by atomic mass is 10.2. The van der Waals surface area contributed by atoms with Crippen molar-refractivity contribution < 1.29 is 13.6 Å². The summed E-state index contributed by atoms with van der Waals surface area (Å²) in [6, 6.07) is 11.5. The molecule has 1 aliphatic heterocycles. The highest BCUT2D eigenvalue weighted by atomic mass is 28.4. The molecular formula is C19H31NO3Si. The monoisotopic (exact) mass is 349 g/mol. The van der Waals surface area contributed by atoms with Gasteiger partial charge in [0, 0.05) is 32.8 Å². The summed E-state index contributed by atoms with van der Waals surface area (Å²) < 4.78 is 18.2. The summed E-state index contributed by atoms with van der Waals surface area (Å²) in [6.45, 7) is 12.8. The number of benzene rings is 1. The SMILES string of the molecule is C=CCN(Cc1ccccc1)CC1COCCC[Si](C)(OCC)O1. The molecule has 1 saturated heterocycles. The molecule has 0 amide bonds. The summed E-state index contributed by atoms with van der Waals surface area (Å²) in [7, 11) is -2.10. The molecule has 1 aromatic carbocycles. The van der Waals surface area contributed by atoms with Gasteiger partial charge in [0.1, 0.15) is 0 Å². The van der Waals surface area contributed by atoms with Crippen LogP contribution in [0.5, 0.6) is 0 Å². The van der Waals surface area contributed by atoms with Gasteiger partial charge in [0.15, 0.2) is 0 Å². The first-order valence-electron chi connectivity index (χ1n) is 8.92. The molecule has 24 heavy (non-hydrogen) atoms. The van der Waals surface area contributed by atoms with Gasteiger partial charge in [0.25, 0.3) is 0 Å². The van der Waals surface area contributed by atoms with E-state index in [9.17, 15) is 0 Å². The Morgan fingerprint density at radius 1 is 1.38 bits per heavy atom. The Labute approximate surface area is 147 Å². The predicted molar refractivity (Wildman–Crippen MR) is 100 cm³/mol. The maximum Gasteiger partial charge on any atom is 0.335 e. The van der Waals surface area contributed by atoms with Gasteiger partial charge in [-0.3, -0.25) is 4.90 Å². The molecule has 2 rings (SSSR count). The van der Waals surface area contributed by atoms with Crippen molar-refractivity contribution in [1.82, 2.24) is 4.90 Å². The summed E-state index contributed by atoms with van der Waals surface area (Å²) in [5.74, 6) is 0. The number of hydrogen-bond donors (Lipinski definition) is 0. The number of hydrogen-bond acceptors (Lipinski definition) is 4. The fraction of sp³-hybridized carbons (Fsp3) is 0.579. The zero-order valence-electron chi connectivity index (χ0n) is 15.1. The van der Waals surface area contributed by atoms with Crippen LogP contribution in [0.1, 0.15) is 18.9 Å². The van der Waals surface area contributed by atoms with Crippen LogP contribution in [-0.2, 0) is 20.1 Å². The van der Waals surface area contributed by atoms with E-state index in [1.807, 2.05) is 19.1 Å². The third-order valence-electron chi connectivity index (χ3n) is 4.19. The summed E-state index contributed by atoms with van der Waals surface area (Å²) in [5, 5.41) is 0. The quantitative estimate of drug-likeness (QED) is 0.530. The molecule has 0 spiro atoms. The highest BCUT2D eigenvalue weighted by Gasteiger charge is 2.35. The minimum atomic E-state index is -2.10. The van der Waals surface area contributed by atoms with E-state index in [2.05, 4.69) is 42.3 Å². The zero-order chi connectivity index (χ0) is 17.3. The number of rotatable bonds is 8. The van der Waals surface area contributed by atoms with Crippen LogP contribution in [-0.4, -0.2) is 52.5 Å². The largest absolute Gasteiger partial charge is 0.395 e. The molecule has 5 heteroatoms. The van der Waals surface area contributed by atoms with Crippen molar-refractivity contribution in [3.63, 3.8) is 0 Å². The molecule has 0 bridgehead atoms. The van der Waals surface area contributed by atoms with Gasteiger partial charge < -0.3 is 13.6 Å². The summed E-state index contributed by atoms with van der Waals surface area (Å²) in [4.78, 5) is 2.36. The normalized spacial score (nSPS) is 25.2. The smallest absolute Gasteiger partial charge is 0.335 e. The van der Waals surface area contributed by atoms with E-state index in [0.29, 0.717) is 6.61 Å². The van der Waals surface area contributed by atoms with Crippen LogP contribution in [0.2, 0.25) is 12.6 Å². The molecule has 2 atom stereocenters. The van der Waals surface area contributed by atoms with Gasteiger partial charge in [-0.1, -0.05) is 36.4 Å². The second-order valence-corrected chi connectivity index (χ2v) is 9.75. The van der Waals surface area contributed by atoms with E-state index >= 15 is 0 Å². The zero-order valence-corrected chi connectivity index (χ0v) is 16.1. The first kappa shape index (κ1) is 19.3. The second kappa shape index (κ2) is 10.1. The summed E-state index contributed by atoms with van der Waals surface area (Å²) in [6.07, 6.45) is 3.03. The van der Waals surface area contributed by atoms with Crippen LogP contribution in [0.25, 0.3) is 0 Å². The molecule has 0 N–H and O–H groups in total. The topological polar surface area (TPSA) is 30.9 Å². The Hall–Kier alpha value is -0.983. The molecule has 1 fully saturated rings. The molecule has 1 heterocycles. The van der Waals surface area contributed by atoms with Gasteiger partial charge in [0.2, 0.25) is 0 Å². The summed E-state index contributed by atoms with van der Waals surface area (Å²) in [5.41, 5.74) is 1.30. The molecule has 1 aromatic rings. The number of nitrogens with zero attached hydrogens (tertiary/aromatic N) is 1. The minimum Gasteiger partial charge on any atom is -0.395 e. The van der Waals surface area contributed by atoms with E-state index in [0.717, 1.165) is 45.3 Å². The Balaban J connectivity index is 2.00. The highest BCUT2D eigenvalue weighted by Crippen LogP contribution is 2.21. The molecule has 4 nitrogen and oxygen atoms in total. The van der Waals surface area contributed by atoms with E-state index in [-0.39, 0.29) is 6.10 Å². The molecule has 0 aliphatic carbocycles. The van der Waals surface area contributed by atoms with Crippen molar-refractivity contribution in [2.75, 3.05) is 32.9 Å². The van der Waals surface area contributed by atoms with Crippen molar-refractivity contribution in [1.29, 1.82) is 0 Å². The van der Waals surface area contributed by atoms with Gasteiger partial charge in [-0.15, -0.1) is 6.58 Å². The predicted octanol–water partition coefficient (Wildman–Crippen LogP) is 3.59.